The van der Waals surface area contributed by atoms with E-state index in [4.69, 9.17) is 9.47 Å². The van der Waals surface area contributed by atoms with Crippen LogP contribution in [0.4, 0.5) is 4.79 Å². The van der Waals surface area contributed by atoms with E-state index in [1.807, 2.05) is 0 Å². The number of hydrogen-bond donors (Lipinski definition) is 1. The number of hydrogen-bond acceptors (Lipinski definition) is 5. The first-order chi connectivity index (χ1) is 9.06. The van der Waals surface area contributed by atoms with Crippen LogP contribution in [0, 0.1) is 0 Å². The molecule has 1 atom stereocenters. The fourth-order valence-corrected chi connectivity index (χ4v) is 1.35. The predicted molar refractivity (Wildman–Crippen MR) is 73.1 cm³/mol. The highest BCUT2D eigenvalue weighted by molar-refractivity contribution is 5.87. The zero-order valence-electron chi connectivity index (χ0n) is 13.0. The average molecular weight is 288 g/mol. The molecule has 0 spiro atoms. The molecular formula is C13H24N2O5. The summed E-state index contributed by atoms with van der Waals surface area (Å²) in [4.78, 5) is 35.9. The summed E-state index contributed by atoms with van der Waals surface area (Å²) in [5.41, 5.74) is -0.635. The van der Waals surface area contributed by atoms with E-state index < -0.39 is 29.6 Å². The lowest BCUT2D eigenvalue weighted by Gasteiger charge is -2.24. The van der Waals surface area contributed by atoms with Crippen LogP contribution in [0.5, 0.6) is 0 Å². The third-order valence-electron chi connectivity index (χ3n) is 2.15. The molecule has 7 heteroatoms. The van der Waals surface area contributed by atoms with Crippen LogP contribution < -0.4 is 5.32 Å². The molecule has 0 aliphatic heterocycles. The second-order valence-electron chi connectivity index (χ2n) is 5.37. The van der Waals surface area contributed by atoms with E-state index >= 15 is 0 Å². The molecule has 20 heavy (non-hydrogen) atoms. The number of nitrogens with zero attached hydrogens (tertiary/aromatic N) is 1. The van der Waals surface area contributed by atoms with Gasteiger partial charge < -0.3 is 19.7 Å². The summed E-state index contributed by atoms with van der Waals surface area (Å²) in [7, 11) is 1.46. The van der Waals surface area contributed by atoms with E-state index in [1.54, 1.807) is 27.7 Å². The summed E-state index contributed by atoms with van der Waals surface area (Å²) in [5, 5.41) is 2.42. The molecule has 0 saturated carbocycles. The molecule has 0 bridgehead atoms. The maximum atomic E-state index is 11.9. The third kappa shape index (κ3) is 7.60. The minimum absolute atomic E-state index is 0.160. The Labute approximate surface area is 119 Å². The Morgan fingerprint density at radius 1 is 1.25 bits per heavy atom. The molecule has 0 heterocycles. The normalized spacial score (nSPS) is 12.3. The van der Waals surface area contributed by atoms with Gasteiger partial charge in [-0.15, -0.1) is 0 Å². The number of ether oxygens (including phenoxy) is 2. The van der Waals surface area contributed by atoms with Crippen LogP contribution in [-0.4, -0.2) is 54.7 Å². The number of nitrogens with one attached hydrogen (secondary N) is 1. The zero-order chi connectivity index (χ0) is 15.9. The second-order valence-corrected chi connectivity index (χ2v) is 5.37. The van der Waals surface area contributed by atoms with Gasteiger partial charge in [-0.1, -0.05) is 0 Å². The summed E-state index contributed by atoms with van der Waals surface area (Å²) in [6, 6.07) is -0.788. The molecule has 0 fully saturated rings. The number of amides is 2. The molecule has 0 aliphatic rings. The summed E-state index contributed by atoms with van der Waals surface area (Å²) >= 11 is 0. The largest absolute Gasteiger partial charge is 0.465 e. The van der Waals surface area contributed by atoms with Crippen LogP contribution in [0.1, 0.15) is 34.6 Å². The van der Waals surface area contributed by atoms with Crippen molar-refractivity contribution in [3.05, 3.63) is 0 Å². The summed E-state index contributed by atoms with van der Waals surface area (Å²) < 4.78 is 9.79. The third-order valence-corrected chi connectivity index (χ3v) is 2.15. The van der Waals surface area contributed by atoms with Crippen LogP contribution in [-0.2, 0) is 19.1 Å². The van der Waals surface area contributed by atoms with Crippen LogP contribution in [0.3, 0.4) is 0 Å². The van der Waals surface area contributed by atoms with E-state index in [0.29, 0.717) is 0 Å². The highest BCUT2D eigenvalue weighted by Crippen LogP contribution is 2.07. The first-order valence-corrected chi connectivity index (χ1v) is 6.47. The van der Waals surface area contributed by atoms with Crippen molar-refractivity contribution >= 4 is 18.0 Å². The minimum atomic E-state index is -0.788. The predicted octanol–water partition coefficient (Wildman–Crippen LogP) is 0.921. The van der Waals surface area contributed by atoms with Gasteiger partial charge in [-0.25, -0.2) is 4.79 Å². The Bertz CT molecular complexity index is 362. The van der Waals surface area contributed by atoms with Crippen molar-refractivity contribution in [1.29, 1.82) is 0 Å². The van der Waals surface area contributed by atoms with Gasteiger partial charge in [-0.3, -0.25) is 9.59 Å². The number of rotatable bonds is 5. The molecule has 0 aliphatic carbocycles. The maximum Gasteiger partial charge on any atom is 0.408 e. The minimum Gasteiger partial charge on any atom is -0.465 e. The molecular weight excluding hydrogens is 264 g/mol. The maximum absolute atomic E-state index is 11.9. The van der Waals surface area contributed by atoms with Crippen molar-refractivity contribution in [2.75, 3.05) is 20.2 Å². The van der Waals surface area contributed by atoms with E-state index in [9.17, 15) is 14.4 Å². The van der Waals surface area contributed by atoms with Crippen molar-refractivity contribution < 1.29 is 23.9 Å². The van der Waals surface area contributed by atoms with Gasteiger partial charge in [0, 0.05) is 7.05 Å². The molecule has 2 amide bonds. The topological polar surface area (TPSA) is 84.9 Å². The summed E-state index contributed by atoms with van der Waals surface area (Å²) in [5.74, 6) is -0.892. The van der Waals surface area contributed by atoms with Crippen LogP contribution in [0.15, 0.2) is 0 Å². The van der Waals surface area contributed by atoms with Crippen LogP contribution in [0.2, 0.25) is 0 Å². The fourth-order valence-electron chi connectivity index (χ4n) is 1.35. The summed E-state index contributed by atoms with van der Waals surface area (Å²) in [6.45, 7) is 8.49. The van der Waals surface area contributed by atoms with Gasteiger partial charge in [0.05, 0.1) is 6.61 Å². The van der Waals surface area contributed by atoms with Crippen LogP contribution >= 0.6 is 0 Å². The van der Waals surface area contributed by atoms with E-state index in [1.165, 1.54) is 18.9 Å². The van der Waals surface area contributed by atoms with Gasteiger partial charge in [0.15, 0.2) is 0 Å². The van der Waals surface area contributed by atoms with Gasteiger partial charge in [0.2, 0.25) is 5.91 Å². The number of carbonyl (C=O) groups is 3. The van der Waals surface area contributed by atoms with Gasteiger partial charge >= 0.3 is 12.1 Å². The van der Waals surface area contributed by atoms with E-state index in [0.717, 1.165) is 0 Å². The lowest BCUT2D eigenvalue weighted by Crippen LogP contribution is -2.48. The van der Waals surface area contributed by atoms with Crippen molar-refractivity contribution in [2.45, 2.75) is 46.3 Å². The van der Waals surface area contributed by atoms with Crippen molar-refractivity contribution in [3.63, 3.8) is 0 Å². The Morgan fingerprint density at radius 3 is 2.25 bits per heavy atom. The highest BCUT2D eigenvalue weighted by atomic mass is 16.6. The number of likely N-dealkylation sites (N-methyl/N-ethyl adjacent to an activating group) is 1. The lowest BCUT2D eigenvalue weighted by molar-refractivity contribution is -0.148. The SMILES string of the molecule is CCOC(=O)CN(C)C(=O)[C@H](C)NC(=O)OC(C)(C)C. The average Bonchev–Trinajstić information content (AvgIpc) is 2.25. The number of carbonyl (C=O) groups excluding carboxylic acids is 3. The number of alkyl carbamates (subject to hydrolysis) is 1. The Kier molecular flexibility index (Phi) is 7.02. The fraction of sp³-hybridized carbons (Fsp3) is 0.769. The van der Waals surface area contributed by atoms with E-state index in [-0.39, 0.29) is 13.2 Å². The smallest absolute Gasteiger partial charge is 0.408 e. The number of esters is 1. The molecule has 0 aromatic heterocycles. The Morgan fingerprint density at radius 2 is 1.80 bits per heavy atom. The van der Waals surface area contributed by atoms with Crippen molar-refractivity contribution in [1.82, 2.24) is 10.2 Å². The first-order valence-electron chi connectivity index (χ1n) is 6.47. The lowest BCUT2D eigenvalue weighted by atomic mass is 10.2. The molecule has 7 nitrogen and oxygen atoms in total. The van der Waals surface area contributed by atoms with E-state index in [2.05, 4.69) is 5.32 Å². The van der Waals surface area contributed by atoms with Gasteiger partial charge in [-0.05, 0) is 34.6 Å². The molecule has 116 valence electrons. The molecule has 0 radical (unpaired) electrons. The molecule has 0 aromatic carbocycles. The van der Waals surface area contributed by atoms with Gasteiger partial charge in [0.25, 0.3) is 0 Å². The Hall–Kier alpha value is -1.79. The van der Waals surface area contributed by atoms with Crippen LogP contribution in [0.25, 0.3) is 0 Å². The van der Waals surface area contributed by atoms with Gasteiger partial charge in [-0.2, -0.15) is 0 Å². The zero-order valence-corrected chi connectivity index (χ0v) is 13.0. The molecule has 0 aromatic rings. The van der Waals surface area contributed by atoms with Crippen molar-refractivity contribution in [2.24, 2.45) is 0 Å². The molecule has 0 unspecified atom stereocenters. The second kappa shape index (κ2) is 7.72. The highest BCUT2D eigenvalue weighted by Gasteiger charge is 2.24. The summed E-state index contributed by atoms with van der Waals surface area (Å²) in [6.07, 6.45) is -0.678. The quantitative estimate of drug-likeness (QED) is 0.760. The monoisotopic (exact) mass is 288 g/mol. The first kappa shape index (κ1) is 18.2. The molecule has 1 N–H and O–H groups in total. The van der Waals surface area contributed by atoms with Gasteiger partial charge in [0.1, 0.15) is 18.2 Å². The standard InChI is InChI=1S/C13H24N2O5/c1-7-19-10(16)8-15(6)11(17)9(2)14-12(18)20-13(3,4)5/h9H,7-8H2,1-6H3,(H,14,18)/t9-/m0/s1. The molecule has 0 saturated heterocycles. The van der Waals surface area contributed by atoms with Crippen molar-refractivity contribution in [3.8, 4) is 0 Å². The Balaban J connectivity index is 4.33. The molecule has 0 rings (SSSR count).